The van der Waals surface area contributed by atoms with Gasteiger partial charge in [-0.1, -0.05) is 0 Å². The summed E-state index contributed by atoms with van der Waals surface area (Å²) in [5, 5.41) is 8.91. The summed E-state index contributed by atoms with van der Waals surface area (Å²) in [5.74, 6) is -1.03. The van der Waals surface area contributed by atoms with Crippen LogP contribution < -0.4 is 0 Å². The fourth-order valence-electron chi connectivity index (χ4n) is 2.66. The minimum atomic E-state index is -0.877. The minimum Gasteiger partial charge on any atom is -0.395 e. The highest BCUT2D eigenvalue weighted by molar-refractivity contribution is 5.75. The number of hydrogen-bond donors (Lipinski definition) is 2. The number of aliphatic hydroxyl groups is 1. The van der Waals surface area contributed by atoms with E-state index in [0.717, 1.165) is 38.3 Å². The van der Waals surface area contributed by atoms with Gasteiger partial charge in [0.2, 0.25) is 0 Å². The van der Waals surface area contributed by atoms with Crippen LogP contribution in [0.25, 0.3) is 11.0 Å². The third-order valence-corrected chi connectivity index (χ3v) is 3.83. The zero-order chi connectivity index (χ0) is 14.8. The summed E-state index contributed by atoms with van der Waals surface area (Å²) in [5.41, 5.74) is 0.964. The van der Waals surface area contributed by atoms with Gasteiger partial charge < -0.3 is 10.1 Å². The van der Waals surface area contributed by atoms with Crippen LogP contribution >= 0.6 is 0 Å². The molecule has 1 saturated heterocycles. The van der Waals surface area contributed by atoms with E-state index in [9.17, 15) is 8.78 Å². The Hall–Kier alpha value is -1.57. The lowest BCUT2D eigenvalue weighted by Crippen LogP contribution is -2.46. The van der Waals surface area contributed by atoms with Crippen LogP contribution in [0.1, 0.15) is 5.82 Å². The molecule has 2 N–H and O–H groups in total. The van der Waals surface area contributed by atoms with Crippen LogP contribution in [0.15, 0.2) is 12.1 Å². The van der Waals surface area contributed by atoms with Gasteiger partial charge in [-0.3, -0.25) is 9.80 Å². The molecular formula is C14H18F2N4O. The Kier molecular flexibility index (Phi) is 4.14. The molecule has 1 aliphatic rings. The van der Waals surface area contributed by atoms with Crippen molar-refractivity contribution in [3.8, 4) is 0 Å². The summed E-state index contributed by atoms with van der Waals surface area (Å²) in [6.45, 7) is 5.11. The Bertz CT molecular complexity index is 584. The van der Waals surface area contributed by atoms with Gasteiger partial charge >= 0.3 is 0 Å². The molecule has 1 aromatic heterocycles. The Morgan fingerprint density at radius 1 is 1.10 bits per heavy atom. The van der Waals surface area contributed by atoms with Gasteiger partial charge in [0, 0.05) is 44.9 Å². The third kappa shape index (κ3) is 3.20. The van der Waals surface area contributed by atoms with Crippen LogP contribution in [0.2, 0.25) is 0 Å². The average Bonchev–Trinajstić information content (AvgIpc) is 2.83. The van der Waals surface area contributed by atoms with E-state index in [1.807, 2.05) is 0 Å². The molecule has 21 heavy (non-hydrogen) atoms. The maximum atomic E-state index is 13.2. The molecule has 2 heterocycles. The number of aliphatic hydroxyl groups excluding tert-OH is 1. The topological polar surface area (TPSA) is 55.4 Å². The Morgan fingerprint density at radius 3 is 2.48 bits per heavy atom. The van der Waals surface area contributed by atoms with Gasteiger partial charge in [-0.2, -0.15) is 0 Å². The predicted molar refractivity (Wildman–Crippen MR) is 74.8 cm³/mol. The second kappa shape index (κ2) is 6.05. The monoisotopic (exact) mass is 296 g/mol. The molecule has 5 nitrogen and oxygen atoms in total. The first kappa shape index (κ1) is 14.4. The van der Waals surface area contributed by atoms with Crippen LogP contribution in [-0.2, 0) is 6.54 Å². The van der Waals surface area contributed by atoms with Crippen molar-refractivity contribution in [3.05, 3.63) is 29.6 Å². The van der Waals surface area contributed by atoms with E-state index in [4.69, 9.17) is 5.11 Å². The van der Waals surface area contributed by atoms with Crippen LogP contribution in [0.4, 0.5) is 8.78 Å². The number of β-amino-alcohol motifs (C(OH)–C–C–N with tert-alkyl or cyclic N) is 1. The van der Waals surface area contributed by atoms with Gasteiger partial charge in [-0.25, -0.2) is 13.8 Å². The molecule has 114 valence electrons. The maximum absolute atomic E-state index is 13.2. The van der Waals surface area contributed by atoms with E-state index in [1.165, 1.54) is 0 Å². The van der Waals surface area contributed by atoms with Crippen molar-refractivity contribution >= 4 is 11.0 Å². The summed E-state index contributed by atoms with van der Waals surface area (Å²) in [6, 6.07) is 2.25. The van der Waals surface area contributed by atoms with Gasteiger partial charge in [-0.15, -0.1) is 0 Å². The van der Waals surface area contributed by atoms with Gasteiger partial charge in [0.15, 0.2) is 11.6 Å². The van der Waals surface area contributed by atoms with Crippen LogP contribution in [-0.4, -0.2) is 64.2 Å². The molecular weight excluding hydrogens is 278 g/mol. The van der Waals surface area contributed by atoms with E-state index in [1.54, 1.807) is 0 Å². The molecule has 0 amide bonds. The summed E-state index contributed by atoms with van der Waals surface area (Å²) in [7, 11) is 0. The van der Waals surface area contributed by atoms with Crippen molar-refractivity contribution in [2.75, 3.05) is 39.3 Å². The fraction of sp³-hybridized carbons (Fsp3) is 0.500. The third-order valence-electron chi connectivity index (χ3n) is 3.83. The molecule has 0 spiro atoms. The molecule has 0 aliphatic carbocycles. The van der Waals surface area contributed by atoms with Crippen molar-refractivity contribution < 1.29 is 13.9 Å². The van der Waals surface area contributed by atoms with Gasteiger partial charge in [0.25, 0.3) is 0 Å². The number of nitrogens with one attached hydrogen (secondary N) is 1. The van der Waals surface area contributed by atoms with Crippen LogP contribution in [0.3, 0.4) is 0 Å². The lowest BCUT2D eigenvalue weighted by molar-refractivity contribution is 0.107. The minimum absolute atomic E-state index is 0.181. The van der Waals surface area contributed by atoms with Crippen molar-refractivity contribution in [1.29, 1.82) is 0 Å². The number of hydrogen-bond acceptors (Lipinski definition) is 4. The number of benzene rings is 1. The number of H-pyrrole nitrogens is 1. The van der Waals surface area contributed by atoms with Crippen LogP contribution in [0, 0.1) is 11.6 Å². The zero-order valence-electron chi connectivity index (χ0n) is 11.6. The number of halogens is 2. The van der Waals surface area contributed by atoms with Crippen molar-refractivity contribution in [3.63, 3.8) is 0 Å². The Labute approximate surface area is 121 Å². The molecule has 1 aliphatic heterocycles. The number of rotatable bonds is 4. The SMILES string of the molecule is OCCN1CCN(Cc2nc3cc(F)c(F)cc3[nH]2)CC1. The van der Waals surface area contributed by atoms with Gasteiger partial charge in [-0.05, 0) is 0 Å². The molecule has 0 atom stereocenters. The van der Waals surface area contributed by atoms with E-state index < -0.39 is 11.6 Å². The quantitative estimate of drug-likeness (QED) is 0.882. The molecule has 0 saturated carbocycles. The predicted octanol–water partition coefficient (Wildman–Crippen LogP) is 0.951. The lowest BCUT2D eigenvalue weighted by atomic mass is 10.3. The van der Waals surface area contributed by atoms with Crippen molar-refractivity contribution in [2.45, 2.75) is 6.54 Å². The second-order valence-electron chi connectivity index (χ2n) is 5.31. The number of nitrogens with zero attached hydrogens (tertiary/aromatic N) is 3. The number of piperazine rings is 1. The summed E-state index contributed by atoms with van der Waals surface area (Å²) in [4.78, 5) is 11.8. The second-order valence-corrected chi connectivity index (χ2v) is 5.31. The standard InChI is InChI=1S/C14H18F2N4O/c15-10-7-12-13(8-11(10)16)18-14(17-12)9-20-3-1-19(2-4-20)5-6-21/h7-8,21H,1-6,9H2,(H,17,18). The molecule has 1 fully saturated rings. The molecule has 3 rings (SSSR count). The van der Waals surface area contributed by atoms with E-state index in [2.05, 4.69) is 19.8 Å². The van der Waals surface area contributed by atoms with E-state index in [-0.39, 0.29) is 6.61 Å². The zero-order valence-corrected chi connectivity index (χ0v) is 11.6. The highest BCUT2D eigenvalue weighted by Crippen LogP contribution is 2.17. The summed E-state index contributed by atoms with van der Waals surface area (Å²) < 4.78 is 26.3. The fourth-order valence-corrected chi connectivity index (χ4v) is 2.66. The smallest absolute Gasteiger partial charge is 0.161 e. The average molecular weight is 296 g/mol. The number of aromatic nitrogens is 2. The first-order chi connectivity index (χ1) is 10.2. The van der Waals surface area contributed by atoms with Crippen LogP contribution in [0.5, 0.6) is 0 Å². The highest BCUT2D eigenvalue weighted by atomic mass is 19.2. The normalized spacial score (nSPS) is 17.7. The Balaban J connectivity index is 1.66. The van der Waals surface area contributed by atoms with E-state index >= 15 is 0 Å². The lowest BCUT2D eigenvalue weighted by Gasteiger charge is -2.33. The van der Waals surface area contributed by atoms with Gasteiger partial charge in [0.05, 0.1) is 24.2 Å². The maximum Gasteiger partial charge on any atom is 0.161 e. The molecule has 0 unspecified atom stereocenters. The number of fused-ring (bicyclic) bond motifs is 1. The van der Waals surface area contributed by atoms with Crippen molar-refractivity contribution in [1.82, 2.24) is 19.8 Å². The number of imidazole rings is 1. The summed E-state index contributed by atoms with van der Waals surface area (Å²) >= 11 is 0. The van der Waals surface area contributed by atoms with E-state index in [0.29, 0.717) is 29.9 Å². The van der Waals surface area contributed by atoms with Gasteiger partial charge in [0.1, 0.15) is 5.82 Å². The molecule has 0 radical (unpaired) electrons. The van der Waals surface area contributed by atoms with Crippen molar-refractivity contribution in [2.24, 2.45) is 0 Å². The Morgan fingerprint density at radius 2 is 1.76 bits per heavy atom. The first-order valence-corrected chi connectivity index (χ1v) is 7.05. The summed E-state index contributed by atoms with van der Waals surface area (Å²) in [6.07, 6.45) is 0. The molecule has 0 bridgehead atoms. The molecule has 7 heteroatoms. The number of aromatic amines is 1. The largest absolute Gasteiger partial charge is 0.395 e. The highest BCUT2D eigenvalue weighted by Gasteiger charge is 2.18. The molecule has 1 aromatic carbocycles. The molecule has 2 aromatic rings. The first-order valence-electron chi connectivity index (χ1n) is 7.05.